The Bertz CT molecular complexity index is 967. The first-order valence-corrected chi connectivity index (χ1v) is 9.08. The Kier molecular flexibility index (Phi) is 5.36. The fraction of sp³-hybridized carbons (Fsp3) is 0.261. The molecule has 0 N–H and O–H groups in total. The molecule has 0 atom stereocenters. The van der Waals surface area contributed by atoms with Crippen LogP contribution in [0.25, 0.3) is 5.57 Å². The van der Waals surface area contributed by atoms with Gasteiger partial charge in [-0.1, -0.05) is 48.0 Å². The van der Waals surface area contributed by atoms with Crippen LogP contribution in [-0.2, 0) is 6.42 Å². The number of hydrogen-bond acceptors (Lipinski definition) is 2. The second-order valence-electron chi connectivity index (χ2n) is 7.09. The fourth-order valence-corrected chi connectivity index (χ4v) is 3.48. The number of rotatable bonds is 2. The van der Waals surface area contributed by atoms with Crippen molar-refractivity contribution in [3.8, 4) is 0 Å². The van der Waals surface area contributed by atoms with Crippen LogP contribution in [-0.4, -0.2) is 37.5 Å². The maximum absolute atomic E-state index is 13.5. The Morgan fingerprint density at radius 1 is 1.04 bits per heavy atom. The van der Waals surface area contributed by atoms with Gasteiger partial charge in [0.25, 0.3) is 0 Å². The molecular formula is C23H25N3O. The molecule has 0 radical (unpaired) electrons. The maximum atomic E-state index is 13.5. The summed E-state index contributed by atoms with van der Waals surface area (Å²) in [6.45, 7) is 7.72. The quantitative estimate of drug-likeness (QED) is 0.587. The monoisotopic (exact) mass is 359 g/mol. The van der Waals surface area contributed by atoms with Crippen molar-refractivity contribution in [2.45, 2.75) is 26.7 Å². The molecule has 0 heterocycles. The number of nitrogens with zero attached hydrogens (tertiary/aromatic N) is 3. The standard InChI is InChI=1S/C23H25N3O/c1-15-10-12-18(16(2)14-15)21-20(25-23(24-3)26(4)5)13-11-17-8-6-7-9-19(17)22(21)27/h6-10,12,14H,3,11,13H2,1-2,4-5H3. The van der Waals surface area contributed by atoms with E-state index in [1.165, 1.54) is 5.56 Å². The van der Waals surface area contributed by atoms with E-state index >= 15 is 0 Å². The van der Waals surface area contributed by atoms with Crippen molar-refractivity contribution in [3.63, 3.8) is 0 Å². The van der Waals surface area contributed by atoms with Crippen molar-refractivity contribution in [1.29, 1.82) is 0 Å². The predicted molar refractivity (Wildman–Crippen MR) is 113 cm³/mol. The van der Waals surface area contributed by atoms with Gasteiger partial charge in [-0.25, -0.2) is 9.98 Å². The van der Waals surface area contributed by atoms with E-state index in [-0.39, 0.29) is 5.78 Å². The summed E-state index contributed by atoms with van der Waals surface area (Å²) in [5.41, 5.74) is 6.43. The molecule has 27 heavy (non-hydrogen) atoms. The number of ketones is 1. The molecule has 2 aromatic carbocycles. The number of allylic oxidation sites excluding steroid dienone is 2. The third-order valence-electron chi connectivity index (χ3n) is 4.84. The zero-order valence-corrected chi connectivity index (χ0v) is 16.4. The minimum absolute atomic E-state index is 0.0240. The smallest absolute Gasteiger partial charge is 0.224 e. The Morgan fingerprint density at radius 3 is 2.44 bits per heavy atom. The Balaban J connectivity index is 2.28. The highest BCUT2D eigenvalue weighted by molar-refractivity contribution is 6.30. The van der Waals surface area contributed by atoms with Crippen LogP contribution in [0.5, 0.6) is 0 Å². The van der Waals surface area contributed by atoms with Crippen LogP contribution in [0, 0.1) is 13.8 Å². The minimum Gasteiger partial charge on any atom is -0.347 e. The summed E-state index contributed by atoms with van der Waals surface area (Å²) in [5.74, 6) is 0.530. The van der Waals surface area contributed by atoms with Crippen molar-refractivity contribution >= 4 is 24.0 Å². The summed E-state index contributed by atoms with van der Waals surface area (Å²) in [4.78, 5) is 24.1. The molecule has 3 rings (SSSR count). The molecule has 138 valence electrons. The summed E-state index contributed by atoms with van der Waals surface area (Å²) in [6.07, 6.45) is 1.45. The van der Waals surface area contributed by atoms with Crippen LogP contribution in [0.4, 0.5) is 0 Å². The SMILES string of the molecule is C=NC(=NC1=C(c2ccc(C)cc2C)C(=O)c2ccccc2CC1)N(C)C. The number of aryl methyl sites for hydroxylation is 3. The van der Waals surface area contributed by atoms with Gasteiger partial charge in [0, 0.05) is 19.7 Å². The van der Waals surface area contributed by atoms with E-state index in [4.69, 9.17) is 4.99 Å². The second kappa shape index (κ2) is 7.70. The van der Waals surface area contributed by atoms with Gasteiger partial charge in [-0.3, -0.25) is 4.79 Å². The topological polar surface area (TPSA) is 45.0 Å². The van der Waals surface area contributed by atoms with E-state index in [9.17, 15) is 4.79 Å². The molecular weight excluding hydrogens is 334 g/mol. The number of carbonyl (C=O) groups excluding carboxylic acids is 1. The number of fused-ring (bicyclic) bond motifs is 1. The first kappa shape index (κ1) is 18.8. The third-order valence-corrected chi connectivity index (χ3v) is 4.84. The van der Waals surface area contributed by atoms with Crippen LogP contribution in [0.3, 0.4) is 0 Å². The van der Waals surface area contributed by atoms with E-state index in [1.807, 2.05) is 62.3 Å². The van der Waals surface area contributed by atoms with Crippen LogP contribution in [0.15, 0.2) is 58.1 Å². The number of hydrogen-bond donors (Lipinski definition) is 0. The molecule has 0 fully saturated rings. The number of guanidine groups is 1. The Labute approximate surface area is 161 Å². The van der Waals surface area contributed by atoms with E-state index in [0.717, 1.165) is 34.4 Å². The average molecular weight is 359 g/mol. The molecule has 0 saturated heterocycles. The average Bonchev–Trinajstić information content (AvgIpc) is 2.77. The molecule has 4 heteroatoms. The summed E-state index contributed by atoms with van der Waals surface area (Å²) in [5, 5.41) is 0. The van der Waals surface area contributed by atoms with Gasteiger partial charge >= 0.3 is 0 Å². The van der Waals surface area contributed by atoms with Gasteiger partial charge in [-0.15, -0.1) is 0 Å². The van der Waals surface area contributed by atoms with Gasteiger partial charge in [-0.2, -0.15) is 0 Å². The molecule has 0 unspecified atom stereocenters. The van der Waals surface area contributed by atoms with Gasteiger partial charge in [0.1, 0.15) is 0 Å². The fourth-order valence-electron chi connectivity index (χ4n) is 3.48. The first-order valence-electron chi connectivity index (χ1n) is 9.08. The third kappa shape index (κ3) is 3.75. The molecule has 0 aliphatic heterocycles. The van der Waals surface area contributed by atoms with Crippen LogP contribution < -0.4 is 0 Å². The zero-order chi connectivity index (χ0) is 19.6. The first-order chi connectivity index (χ1) is 12.9. The van der Waals surface area contributed by atoms with Gasteiger partial charge < -0.3 is 4.90 Å². The molecule has 0 spiro atoms. The molecule has 1 aliphatic carbocycles. The van der Waals surface area contributed by atoms with Crippen molar-refractivity contribution < 1.29 is 4.79 Å². The van der Waals surface area contributed by atoms with Crippen molar-refractivity contribution in [3.05, 3.63) is 76.0 Å². The van der Waals surface area contributed by atoms with Gasteiger partial charge in [0.15, 0.2) is 5.78 Å². The molecule has 1 aliphatic rings. The van der Waals surface area contributed by atoms with Crippen molar-refractivity contribution in [1.82, 2.24) is 4.90 Å². The number of benzene rings is 2. The summed E-state index contributed by atoms with van der Waals surface area (Å²) in [6, 6.07) is 14.0. The van der Waals surface area contributed by atoms with Crippen LogP contribution in [0.2, 0.25) is 0 Å². The van der Waals surface area contributed by atoms with Crippen LogP contribution in [0.1, 0.15) is 39.0 Å². The van der Waals surface area contributed by atoms with E-state index in [2.05, 4.69) is 24.7 Å². The zero-order valence-electron chi connectivity index (χ0n) is 16.4. The number of aliphatic imine (C=N–C) groups is 2. The summed E-state index contributed by atoms with van der Waals surface area (Å²) >= 11 is 0. The lowest BCUT2D eigenvalue weighted by atomic mass is 9.91. The van der Waals surface area contributed by atoms with Gasteiger partial charge in [0.05, 0.1) is 11.3 Å². The molecule has 0 saturated carbocycles. The molecule has 0 amide bonds. The second-order valence-corrected chi connectivity index (χ2v) is 7.09. The highest BCUT2D eigenvalue weighted by atomic mass is 16.1. The van der Waals surface area contributed by atoms with Crippen molar-refractivity contribution in [2.24, 2.45) is 9.98 Å². The molecule has 4 nitrogen and oxygen atoms in total. The lowest BCUT2D eigenvalue weighted by Gasteiger charge is -2.15. The number of carbonyl (C=O) groups is 1. The van der Waals surface area contributed by atoms with E-state index in [1.54, 1.807) is 0 Å². The Hall–Kier alpha value is -3.01. The molecule has 2 aromatic rings. The number of Topliss-reactive ketones (excluding diaryl/α,β-unsaturated/α-hetero) is 1. The lowest BCUT2D eigenvalue weighted by Crippen LogP contribution is -2.20. The maximum Gasteiger partial charge on any atom is 0.224 e. The van der Waals surface area contributed by atoms with Crippen molar-refractivity contribution in [2.75, 3.05) is 14.1 Å². The van der Waals surface area contributed by atoms with Crippen LogP contribution >= 0.6 is 0 Å². The largest absolute Gasteiger partial charge is 0.347 e. The summed E-state index contributed by atoms with van der Waals surface area (Å²) in [7, 11) is 3.75. The highest BCUT2D eigenvalue weighted by Crippen LogP contribution is 2.34. The Morgan fingerprint density at radius 2 is 1.78 bits per heavy atom. The lowest BCUT2D eigenvalue weighted by molar-refractivity contribution is 0.105. The van der Waals surface area contributed by atoms with E-state index < -0.39 is 0 Å². The minimum atomic E-state index is 0.0240. The highest BCUT2D eigenvalue weighted by Gasteiger charge is 2.26. The van der Waals surface area contributed by atoms with Gasteiger partial charge in [0.2, 0.25) is 5.96 Å². The summed E-state index contributed by atoms with van der Waals surface area (Å²) < 4.78 is 0. The van der Waals surface area contributed by atoms with Gasteiger partial charge in [-0.05, 0) is 50.1 Å². The normalized spacial score (nSPS) is 14.7. The molecule has 0 bridgehead atoms. The molecule has 0 aromatic heterocycles. The van der Waals surface area contributed by atoms with E-state index in [0.29, 0.717) is 18.0 Å². The predicted octanol–water partition coefficient (Wildman–Crippen LogP) is 4.46.